The van der Waals surface area contributed by atoms with Gasteiger partial charge in [0, 0.05) is 33.2 Å². The minimum absolute atomic E-state index is 0.0153. The summed E-state index contributed by atoms with van der Waals surface area (Å²) in [6.45, 7) is 0.0503. The molecule has 0 aliphatic carbocycles. The van der Waals surface area contributed by atoms with Gasteiger partial charge in [-0.3, -0.25) is 4.79 Å². The highest BCUT2D eigenvalue weighted by Gasteiger charge is 2.15. The van der Waals surface area contributed by atoms with Crippen molar-refractivity contribution in [3.8, 4) is 16.9 Å². The Kier molecular flexibility index (Phi) is 9.30. The van der Waals surface area contributed by atoms with Crippen molar-refractivity contribution in [3.63, 3.8) is 0 Å². The predicted molar refractivity (Wildman–Crippen MR) is 174 cm³/mol. The zero-order chi connectivity index (χ0) is 32.8. The molecule has 0 fully saturated rings. The van der Waals surface area contributed by atoms with Crippen LogP contribution in [0.5, 0.6) is 5.75 Å². The minimum atomic E-state index is -4.84. The number of nitrogens with two attached hydrogens (primary N) is 2. The molecule has 0 bridgehead atoms. The van der Waals surface area contributed by atoms with E-state index in [4.69, 9.17) is 27.8 Å². The molecule has 1 heterocycles. The van der Waals surface area contributed by atoms with Gasteiger partial charge in [0.1, 0.15) is 18.2 Å². The lowest BCUT2D eigenvalue weighted by Crippen LogP contribution is -2.19. The first-order chi connectivity index (χ1) is 21.9. The maximum Gasteiger partial charge on any atom is 0.332 e. The standard InChI is InChI=1S/C31H25ClFN7O5S/c32-20-5-1-18(2-6-20)27-26(39-30(35)40-28(27)34)17-45-24-13-9-21(10-14-24)36-29(41)19-3-7-22(8-4-19)37-31(42)38-23-11-15-25(16-12-23)46(33,43)44/h1-16H,17H2,(H,36,41)(H2,37,38,42)(H4,34,35,39,40). The number of carbonyl (C=O) groups is 2. The van der Waals surface area contributed by atoms with E-state index in [1.807, 2.05) is 0 Å². The predicted octanol–water partition coefficient (Wildman–Crippen LogP) is 6.09. The van der Waals surface area contributed by atoms with Crippen LogP contribution in [0.15, 0.2) is 102 Å². The average Bonchev–Trinajstić information content (AvgIpc) is 3.01. The molecule has 0 radical (unpaired) electrons. The van der Waals surface area contributed by atoms with Crippen molar-refractivity contribution >= 4 is 62.6 Å². The van der Waals surface area contributed by atoms with Gasteiger partial charge in [0.25, 0.3) is 5.91 Å². The van der Waals surface area contributed by atoms with Crippen LogP contribution < -0.4 is 32.2 Å². The number of anilines is 5. The summed E-state index contributed by atoms with van der Waals surface area (Å²) in [5.41, 5.74) is 15.3. The first kappa shape index (κ1) is 31.7. The second-order valence-corrected chi connectivity index (χ2v) is 11.5. The Morgan fingerprint density at radius 1 is 0.761 bits per heavy atom. The van der Waals surface area contributed by atoms with Gasteiger partial charge >= 0.3 is 16.3 Å². The van der Waals surface area contributed by atoms with E-state index in [2.05, 4.69) is 25.9 Å². The molecule has 0 saturated carbocycles. The van der Waals surface area contributed by atoms with Gasteiger partial charge in [-0.15, -0.1) is 3.89 Å². The average molecular weight is 662 g/mol. The Balaban J connectivity index is 1.15. The van der Waals surface area contributed by atoms with Crippen molar-refractivity contribution in [1.82, 2.24) is 9.97 Å². The topological polar surface area (TPSA) is 191 Å². The Morgan fingerprint density at radius 2 is 1.30 bits per heavy atom. The molecule has 5 aromatic rings. The lowest BCUT2D eigenvalue weighted by atomic mass is 10.0. The number of urea groups is 1. The van der Waals surface area contributed by atoms with Crippen LogP contribution in [-0.4, -0.2) is 30.3 Å². The lowest BCUT2D eigenvalue weighted by molar-refractivity contribution is 0.102. The van der Waals surface area contributed by atoms with Crippen LogP contribution in [-0.2, 0) is 16.8 Å². The summed E-state index contributed by atoms with van der Waals surface area (Å²) in [7, 11) is -4.84. The Labute approximate surface area is 267 Å². The van der Waals surface area contributed by atoms with Crippen LogP contribution >= 0.6 is 11.6 Å². The normalized spacial score (nSPS) is 11.0. The zero-order valence-electron chi connectivity index (χ0n) is 23.7. The Bertz CT molecular complexity index is 1990. The monoisotopic (exact) mass is 661 g/mol. The second kappa shape index (κ2) is 13.5. The van der Waals surface area contributed by atoms with E-state index in [1.165, 1.54) is 36.4 Å². The summed E-state index contributed by atoms with van der Waals surface area (Å²) in [6, 6.07) is 23.8. The first-order valence-corrected chi connectivity index (χ1v) is 15.2. The number of nitrogens with one attached hydrogen (secondary N) is 3. The number of aromatic nitrogens is 2. The number of carbonyl (C=O) groups excluding carboxylic acids is 2. The van der Waals surface area contributed by atoms with E-state index >= 15 is 0 Å². The Hall–Kier alpha value is -5.73. The number of nitrogens with zero attached hydrogens (tertiary/aromatic N) is 2. The van der Waals surface area contributed by atoms with Crippen LogP contribution in [0, 0.1) is 0 Å². The van der Waals surface area contributed by atoms with E-state index in [-0.39, 0.29) is 30.0 Å². The summed E-state index contributed by atoms with van der Waals surface area (Å²) in [5.74, 6) is 0.350. The summed E-state index contributed by atoms with van der Waals surface area (Å²) in [5, 5.41) is 8.45. The number of ether oxygens (including phenoxy) is 1. The molecule has 3 amide bonds. The highest BCUT2D eigenvalue weighted by molar-refractivity contribution is 7.86. The number of benzene rings is 4. The van der Waals surface area contributed by atoms with Crippen LogP contribution in [0.2, 0.25) is 5.02 Å². The van der Waals surface area contributed by atoms with E-state index in [9.17, 15) is 21.9 Å². The summed E-state index contributed by atoms with van der Waals surface area (Å²) in [4.78, 5) is 32.9. The third kappa shape index (κ3) is 8.05. The molecule has 0 unspecified atom stereocenters. The summed E-state index contributed by atoms with van der Waals surface area (Å²) >= 11 is 6.01. The van der Waals surface area contributed by atoms with Crippen molar-refractivity contribution in [2.75, 3.05) is 27.4 Å². The molecular weight excluding hydrogens is 637 g/mol. The van der Waals surface area contributed by atoms with Crippen LogP contribution in [0.1, 0.15) is 16.1 Å². The van der Waals surface area contributed by atoms with Gasteiger partial charge in [-0.1, -0.05) is 23.7 Å². The molecule has 0 aliphatic rings. The number of rotatable bonds is 9. The highest BCUT2D eigenvalue weighted by Crippen LogP contribution is 2.30. The summed E-state index contributed by atoms with van der Waals surface area (Å²) < 4.78 is 40.8. The third-order valence-electron chi connectivity index (χ3n) is 6.45. The highest BCUT2D eigenvalue weighted by atomic mass is 35.5. The molecule has 12 nitrogen and oxygen atoms in total. The van der Waals surface area contributed by atoms with E-state index in [0.717, 1.165) is 17.7 Å². The largest absolute Gasteiger partial charge is 0.487 e. The van der Waals surface area contributed by atoms with E-state index in [0.29, 0.717) is 39.0 Å². The molecule has 5 rings (SSSR count). The van der Waals surface area contributed by atoms with E-state index in [1.54, 1.807) is 48.5 Å². The van der Waals surface area contributed by atoms with Gasteiger partial charge in [0.2, 0.25) is 5.95 Å². The number of halogens is 2. The molecule has 46 heavy (non-hydrogen) atoms. The molecule has 15 heteroatoms. The number of hydrogen-bond donors (Lipinski definition) is 5. The van der Waals surface area contributed by atoms with Crippen molar-refractivity contribution in [3.05, 3.63) is 113 Å². The molecule has 0 saturated heterocycles. The molecule has 1 aromatic heterocycles. The van der Waals surface area contributed by atoms with Gasteiger partial charge in [-0.25, -0.2) is 9.78 Å². The van der Waals surface area contributed by atoms with Crippen molar-refractivity contribution in [2.24, 2.45) is 0 Å². The van der Waals surface area contributed by atoms with Gasteiger partial charge in [-0.05, 0) is 90.5 Å². The van der Waals surface area contributed by atoms with Gasteiger partial charge in [0.05, 0.1) is 10.6 Å². The number of hydrogen-bond acceptors (Lipinski definition) is 9. The van der Waals surface area contributed by atoms with Crippen LogP contribution in [0.3, 0.4) is 0 Å². The molecule has 234 valence electrons. The fourth-order valence-electron chi connectivity index (χ4n) is 4.27. The fourth-order valence-corrected chi connectivity index (χ4v) is 4.86. The number of nitrogen functional groups attached to an aromatic ring is 2. The maximum absolute atomic E-state index is 13.0. The van der Waals surface area contributed by atoms with Gasteiger partial charge in [0.15, 0.2) is 0 Å². The van der Waals surface area contributed by atoms with Gasteiger partial charge in [-0.2, -0.15) is 13.4 Å². The summed E-state index contributed by atoms with van der Waals surface area (Å²) in [6.07, 6.45) is 0. The molecular formula is C31H25ClFN7O5S. The van der Waals surface area contributed by atoms with Gasteiger partial charge < -0.3 is 32.2 Å². The molecule has 0 atom stereocenters. The van der Waals surface area contributed by atoms with Crippen molar-refractivity contribution < 1.29 is 26.6 Å². The lowest BCUT2D eigenvalue weighted by Gasteiger charge is -2.13. The van der Waals surface area contributed by atoms with Crippen molar-refractivity contribution in [2.45, 2.75) is 11.5 Å². The van der Waals surface area contributed by atoms with Crippen LogP contribution in [0.4, 0.5) is 37.5 Å². The SMILES string of the molecule is Nc1nc(N)c(-c2ccc(Cl)cc2)c(COc2ccc(NC(=O)c3ccc(NC(=O)Nc4ccc(S(=O)(=O)F)cc4)cc3)cc2)n1. The quantitative estimate of drug-likeness (QED) is 0.116. The Morgan fingerprint density at radius 3 is 1.89 bits per heavy atom. The zero-order valence-corrected chi connectivity index (χ0v) is 25.3. The third-order valence-corrected chi connectivity index (χ3v) is 7.54. The fraction of sp³-hybridized carbons (Fsp3) is 0.0323. The van der Waals surface area contributed by atoms with Crippen molar-refractivity contribution in [1.29, 1.82) is 0 Å². The maximum atomic E-state index is 13.0. The molecule has 4 aromatic carbocycles. The second-order valence-electron chi connectivity index (χ2n) is 9.68. The van der Waals surface area contributed by atoms with E-state index < -0.39 is 21.1 Å². The molecule has 0 aliphatic heterocycles. The number of amides is 3. The molecule has 7 N–H and O–H groups in total. The smallest absolute Gasteiger partial charge is 0.332 e. The minimum Gasteiger partial charge on any atom is -0.487 e. The van der Waals surface area contributed by atoms with Crippen LogP contribution in [0.25, 0.3) is 11.1 Å². The molecule has 0 spiro atoms. The first-order valence-electron chi connectivity index (χ1n) is 13.4.